The topological polar surface area (TPSA) is 92.6 Å². The normalized spacial score (nSPS) is 17.5. The summed E-state index contributed by atoms with van der Waals surface area (Å²) in [6.07, 6.45) is 2.61. The molecule has 2 rings (SSSR count). The Kier molecular flexibility index (Phi) is 5.49. The van der Waals surface area contributed by atoms with Crippen molar-refractivity contribution in [2.75, 3.05) is 26.7 Å². The number of nitro benzene ring substituents is 1. The van der Waals surface area contributed by atoms with Gasteiger partial charge in [0.1, 0.15) is 0 Å². The van der Waals surface area contributed by atoms with Crippen LogP contribution < -0.4 is 5.32 Å². The molecule has 1 N–H and O–H groups in total. The van der Waals surface area contributed by atoms with Crippen molar-refractivity contribution in [3.63, 3.8) is 0 Å². The maximum atomic E-state index is 12.6. The average Bonchev–Trinajstić information content (AvgIpc) is 2.53. The van der Waals surface area contributed by atoms with E-state index in [2.05, 4.69) is 5.32 Å². The summed E-state index contributed by atoms with van der Waals surface area (Å²) in [5.41, 5.74) is -0.361. The summed E-state index contributed by atoms with van der Waals surface area (Å²) in [4.78, 5) is 10.2. The van der Waals surface area contributed by atoms with Crippen LogP contribution in [0, 0.1) is 16.0 Å². The van der Waals surface area contributed by atoms with Gasteiger partial charge in [-0.3, -0.25) is 10.1 Å². The molecule has 122 valence electrons. The fraction of sp³-hybridized carbons (Fsp3) is 0.571. The van der Waals surface area contributed by atoms with E-state index in [0.717, 1.165) is 25.8 Å². The van der Waals surface area contributed by atoms with Crippen molar-refractivity contribution < 1.29 is 13.3 Å². The molecular weight excluding hydrogens is 306 g/mol. The lowest BCUT2D eigenvalue weighted by molar-refractivity contribution is -0.387. The van der Waals surface area contributed by atoms with Gasteiger partial charge in [0.2, 0.25) is 10.0 Å². The molecule has 0 saturated carbocycles. The molecule has 1 saturated heterocycles. The summed E-state index contributed by atoms with van der Waals surface area (Å²) >= 11 is 0. The van der Waals surface area contributed by atoms with E-state index in [1.165, 1.54) is 28.6 Å². The Morgan fingerprint density at radius 2 is 1.95 bits per heavy atom. The third-order valence-electron chi connectivity index (χ3n) is 4.06. The van der Waals surface area contributed by atoms with Crippen molar-refractivity contribution in [3.8, 4) is 0 Å². The lowest BCUT2D eigenvalue weighted by Crippen LogP contribution is -2.39. The minimum absolute atomic E-state index is 0.214. The third kappa shape index (κ3) is 3.63. The van der Waals surface area contributed by atoms with Crippen molar-refractivity contribution in [2.24, 2.45) is 5.92 Å². The molecule has 0 unspecified atom stereocenters. The lowest BCUT2D eigenvalue weighted by atomic mass is 9.95. The number of rotatable bonds is 6. The maximum absolute atomic E-state index is 12.6. The Bertz CT molecular complexity index is 625. The van der Waals surface area contributed by atoms with Crippen LogP contribution in [0.1, 0.15) is 19.3 Å². The highest BCUT2D eigenvalue weighted by Gasteiger charge is 2.33. The zero-order valence-electron chi connectivity index (χ0n) is 12.6. The molecule has 1 aromatic rings. The fourth-order valence-corrected chi connectivity index (χ4v) is 4.38. The standard InChI is InChI=1S/C14H21N3O4S/c1-15-9-6-12-7-10-16(11-8-12)22(20,21)14-5-3-2-4-13(14)17(18)19/h2-5,12,15H,6-11H2,1H3. The summed E-state index contributed by atoms with van der Waals surface area (Å²) in [7, 11) is -1.91. The molecular formula is C14H21N3O4S. The molecule has 8 heteroatoms. The molecule has 1 aliphatic rings. The summed E-state index contributed by atoms with van der Waals surface area (Å²) in [5.74, 6) is 0.504. The van der Waals surface area contributed by atoms with Gasteiger partial charge < -0.3 is 5.32 Å². The minimum Gasteiger partial charge on any atom is -0.320 e. The van der Waals surface area contributed by atoms with Crippen molar-refractivity contribution in [1.29, 1.82) is 0 Å². The van der Waals surface area contributed by atoms with Gasteiger partial charge in [0.15, 0.2) is 4.90 Å². The van der Waals surface area contributed by atoms with E-state index in [4.69, 9.17) is 0 Å². The molecule has 22 heavy (non-hydrogen) atoms. The van der Waals surface area contributed by atoms with Gasteiger partial charge in [-0.1, -0.05) is 12.1 Å². The molecule has 0 aliphatic carbocycles. The highest BCUT2D eigenvalue weighted by molar-refractivity contribution is 7.89. The first kappa shape index (κ1) is 16.9. The molecule has 1 heterocycles. The van der Waals surface area contributed by atoms with E-state index in [9.17, 15) is 18.5 Å². The number of hydrogen-bond acceptors (Lipinski definition) is 5. The van der Waals surface area contributed by atoms with Gasteiger partial charge in [0.25, 0.3) is 5.69 Å². The van der Waals surface area contributed by atoms with E-state index >= 15 is 0 Å². The van der Waals surface area contributed by atoms with Crippen LogP contribution in [0.4, 0.5) is 5.69 Å². The van der Waals surface area contributed by atoms with Gasteiger partial charge in [-0.2, -0.15) is 4.31 Å². The van der Waals surface area contributed by atoms with Crippen LogP contribution in [-0.4, -0.2) is 44.3 Å². The number of nitrogens with one attached hydrogen (secondary N) is 1. The summed E-state index contributed by atoms with van der Waals surface area (Å²) in [5, 5.41) is 14.1. The second kappa shape index (κ2) is 7.17. The number of benzene rings is 1. The van der Waals surface area contributed by atoms with Crippen LogP contribution in [0.2, 0.25) is 0 Å². The Morgan fingerprint density at radius 3 is 2.55 bits per heavy atom. The molecule has 0 amide bonds. The van der Waals surface area contributed by atoms with E-state index in [0.29, 0.717) is 19.0 Å². The molecule has 0 aromatic heterocycles. The van der Waals surface area contributed by atoms with E-state index in [1.807, 2.05) is 7.05 Å². The first-order valence-electron chi connectivity index (χ1n) is 7.35. The predicted molar refractivity (Wildman–Crippen MR) is 83.1 cm³/mol. The van der Waals surface area contributed by atoms with Crippen LogP contribution in [0.25, 0.3) is 0 Å². The number of hydrogen-bond donors (Lipinski definition) is 1. The number of nitrogens with zero attached hydrogens (tertiary/aromatic N) is 2. The second-order valence-electron chi connectivity index (χ2n) is 5.46. The van der Waals surface area contributed by atoms with Crippen LogP contribution in [0.15, 0.2) is 29.2 Å². The van der Waals surface area contributed by atoms with Crippen LogP contribution in [0.5, 0.6) is 0 Å². The average molecular weight is 327 g/mol. The third-order valence-corrected chi connectivity index (χ3v) is 6.00. The van der Waals surface area contributed by atoms with E-state index in [-0.39, 0.29) is 10.6 Å². The van der Waals surface area contributed by atoms with Gasteiger partial charge >= 0.3 is 0 Å². The summed E-state index contributed by atoms with van der Waals surface area (Å²) in [6.45, 7) is 1.76. The molecule has 1 aromatic carbocycles. The van der Waals surface area contributed by atoms with Gasteiger partial charge in [0, 0.05) is 19.2 Å². The SMILES string of the molecule is CNCCC1CCN(S(=O)(=O)c2ccccc2[N+](=O)[O-])CC1. The number of para-hydroxylation sites is 1. The number of nitro groups is 1. The smallest absolute Gasteiger partial charge is 0.289 e. The number of piperidine rings is 1. The van der Waals surface area contributed by atoms with Crippen LogP contribution in [0.3, 0.4) is 0 Å². The predicted octanol–water partition coefficient (Wildman–Crippen LogP) is 1.60. The minimum atomic E-state index is -3.81. The summed E-state index contributed by atoms with van der Waals surface area (Å²) in [6, 6.07) is 5.52. The summed E-state index contributed by atoms with van der Waals surface area (Å²) < 4.78 is 26.7. The first-order valence-corrected chi connectivity index (χ1v) is 8.79. The van der Waals surface area contributed by atoms with Crippen molar-refractivity contribution >= 4 is 15.7 Å². The van der Waals surface area contributed by atoms with Gasteiger partial charge in [-0.25, -0.2) is 8.42 Å². The molecule has 0 bridgehead atoms. The van der Waals surface area contributed by atoms with Gasteiger partial charge in [0.05, 0.1) is 4.92 Å². The van der Waals surface area contributed by atoms with E-state index < -0.39 is 14.9 Å². The molecule has 0 radical (unpaired) electrons. The highest BCUT2D eigenvalue weighted by Crippen LogP contribution is 2.29. The quantitative estimate of drug-likeness (QED) is 0.633. The molecule has 0 atom stereocenters. The number of sulfonamides is 1. The molecule has 1 fully saturated rings. The molecule has 0 spiro atoms. The highest BCUT2D eigenvalue weighted by atomic mass is 32.2. The van der Waals surface area contributed by atoms with Gasteiger partial charge in [-0.05, 0) is 44.8 Å². The molecule has 1 aliphatic heterocycles. The van der Waals surface area contributed by atoms with Crippen molar-refractivity contribution in [3.05, 3.63) is 34.4 Å². The van der Waals surface area contributed by atoms with Crippen LogP contribution in [-0.2, 0) is 10.0 Å². The largest absolute Gasteiger partial charge is 0.320 e. The van der Waals surface area contributed by atoms with E-state index in [1.54, 1.807) is 0 Å². The maximum Gasteiger partial charge on any atom is 0.289 e. The van der Waals surface area contributed by atoms with Crippen molar-refractivity contribution in [1.82, 2.24) is 9.62 Å². The Morgan fingerprint density at radius 1 is 1.32 bits per heavy atom. The second-order valence-corrected chi connectivity index (χ2v) is 7.37. The Hall–Kier alpha value is -1.51. The van der Waals surface area contributed by atoms with Crippen LogP contribution >= 0.6 is 0 Å². The monoisotopic (exact) mass is 327 g/mol. The fourth-order valence-electron chi connectivity index (χ4n) is 2.75. The zero-order chi connectivity index (χ0) is 16.2. The first-order chi connectivity index (χ1) is 10.5. The Labute approximate surface area is 130 Å². The molecule has 7 nitrogen and oxygen atoms in total. The Balaban J connectivity index is 2.14. The van der Waals surface area contributed by atoms with Crippen molar-refractivity contribution in [2.45, 2.75) is 24.2 Å². The lowest BCUT2D eigenvalue weighted by Gasteiger charge is -2.31. The zero-order valence-corrected chi connectivity index (χ0v) is 13.4. The van der Waals surface area contributed by atoms with Gasteiger partial charge in [-0.15, -0.1) is 0 Å².